The van der Waals surface area contributed by atoms with Crippen molar-refractivity contribution in [3.8, 4) is 0 Å². The van der Waals surface area contributed by atoms with Crippen LogP contribution in [0.15, 0.2) is 42.5 Å². The largest absolute Gasteiger partial charge is 0.480 e. The van der Waals surface area contributed by atoms with Crippen LogP contribution in [0, 0.1) is 11.2 Å². The minimum Gasteiger partial charge on any atom is -0.480 e. The number of halogens is 7. The quantitative estimate of drug-likeness (QED) is 0.402. The summed E-state index contributed by atoms with van der Waals surface area (Å²) in [6.07, 6.45) is -11.3. The molecular weight excluding hydrogens is 573 g/mol. The molecule has 2 aromatic carbocycles. The van der Waals surface area contributed by atoms with Crippen LogP contribution in [-0.4, -0.2) is 64.6 Å². The van der Waals surface area contributed by atoms with Gasteiger partial charge in [0.15, 0.2) is 0 Å². The molecule has 0 bridgehead atoms. The minimum atomic E-state index is -5.02. The number of ether oxygens (including phenoxy) is 1. The standard InChI is InChI=1S/C29H29F7N2O4/c1-15(17-9-18(28(31,32)33)11-19(10-17)29(34,35)36)42-23-13-38-22(24(23)16-3-5-20(30)6-4-16)12-27(2,26(38)41)14-37-8-7-21(37)25(39)40/h3-6,9-11,15,21-24H,7-8,12-14H2,1-2H3,(H,39,40)/t15-,21?,22?,23+,24+,27?/m1/s1. The minimum absolute atomic E-state index is 0.0128. The number of hydrogen-bond donors (Lipinski definition) is 1. The van der Waals surface area contributed by atoms with E-state index >= 15 is 0 Å². The molecule has 3 unspecified atom stereocenters. The molecule has 13 heteroatoms. The van der Waals surface area contributed by atoms with Crippen molar-refractivity contribution in [1.82, 2.24) is 9.80 Å². The Balaban J connectivity index is 1.43. The molecule has 5 rings (SSSR count). The molecule has 3 aliphatic heterocycles. The predicted octanol–water partition coefficient (Wildman–Crippen LogP) is 5.87. The number of benzene rings is 2. The van der Waals surface area contributed by atoms with Gasteiger partial charge in [-0.3, -0.25) is 14.5 Å². The molecule has 228 valence electrons. The van der Waals surface area contributed by atoms with E-state index in [4.69, 9.17) is 4.74 Å². The molecule has 0 saturated carbocycles. The number of fused-ring (bicyclic) bond motifs is 1. The van der Waals surface area contributed by atoms with Crippen LogP contribution in [0.5, 0.6) is 0 Å². The Morgan fingerprint density at radius 2 is 1.67 bits per heavy atom. The third-order valence-electron chi connectivity index (χ3n) is 8.71. The molecule has 42 heavy (non-hydrogen) atoms. The van der Waals surface area contributed by atoms with Crippen LogP contribution >= 0.6 is 0 Å². The maximum Gasteiger partial charge on any atom is 0.416 e. The van der Waals surface area contributed by atoms with Crippen LogP contribution in [0.2, 0.25) is 0 Å². The highest BCUT2D eigenvalue weighted by Crippen LogP contribution is 2.50. The lowest BCUT2D eigenvalue weighted by Crippen LogP contribution is -2.56. The fraction of sp³-hybridized carbons (Fsp3) is 0.517. The Morgan fingerprint density at radius 1 is 1.07 bits per heavy atom. The first kappa shape index (κ1) is 30.3. The summed E-state index contributed by atoms with van der Waals surface area (Å²) < 4.78 is 101. The van der Waals surface area contributed by atoms with E-state index in [2.05, 4.69) is 0 Å². The number of carbonyl (C=O) groups is 2. The Bertz CT molecular complexity index is 1330. The molecule has 1 N–H and O–H groups in total. The van der Waals surface area contributed by atoms with E-state index in [1.807, 2.05) is 0 Å². The number of carboxylic acid groups (broad SMARTS) is 1. The Hall–Kier alpha value is -3.19. The summed E-state index contributed by atoms with van der Waals surface area (Å²) in [5.41, 5.74) is -3.56. The molecule has 6 atom stereocenters. The molecule has 3 fully saturated rings. The summed E-state index contributed by atoms with van der Waals surface area (Å²) in [5, 5.41) is 9.43. The predicted molar refractivity (Wildman–Crippen MR) is 135 cm³/mol. The third-order valence-corrected chi connectivity index (χ3v) is 8.71. The van der Waals surface area contributed by atoms with Crippen molar-refractivity contribution in [2.24, 2.45) is 5.41 Å². The van der Waals surface area contributed by atoms with Gasteiger partial charge in [-0.1, -0.05) is 12.1 Å². The Kier molecular flexibility index (Phi) is 7.58. The average Bonchev–Trinajstić information content (AvgIpc) is 3.33. The lowest BCUT2D eigenvalue weighted by atomic mass is 9.79. The number of aliphatic carboxylic acids is 1. The summed E-state index contributed by atoms with van der Waals surface area (Å²) in [6, 6.07) is 5.66. The van der Waals surface area contributed by atoms with Gasteiger partial charge >= 0.3 is 18.3 Å². The zero-order valence-electron chi connectivity index (χ0n) is 22.7. The zero-order chi connectivity index (χ0) is 30.8. The van der Waals surface area contributed by atoms with E-state index in [0.717, 1.165) is 0 Å². The van der Waals surface area contributed by atoms with E-state index in [9.17, 15) is 45.4 Å². The Labute approximate surface area is 237 Å². The van der Waals surface area contributed by atoms with Crippen LogP contribution in [0.3, 0.4) is 0 Å². The van der Waals surface area contributed by atoms with Crippen molar-refractivity contribution in [2.75, 3.05) is 19.6 Å². The number of nitrogens with zero attached hydrogens (tertiary/aromatic N) is 2. The maximum absolute atomic E-state index is 13.8. The SMILES string of the molecule is C[C@@H](O[C@H]1CN2C(=O)C(C)(CN3CCC3C(=O)O)CC2[C@@H]1c1ccc(F)cc1)c1cc(C(F)(F)F)cc(C(F)(F)F)c1. The summed E-state index contributed by atoms with van der Waals surface area (Å²) in [6.45, 7) is 3.87. The van der Waals surface area contributed by atoms with E-state index in [0.29, 0.717) is 37.1 Å². The average molecular weight is 603 g/mol. The van der Waals surface area contributed by atoms with Gasteiger partial charge in [0.1, 0.15) is 11.9 Å². The summed E-state index contributed by atoms with van der Waals surface area (Å²) in [5.74, 6) is -2.27. The first-order valence-electron chi connectivity index (χ1n) is 13.5. The second-order valence-corrected chi connectivity index (χ2v) is 11.6. The van der Waals surface area contributed by atoms with Gasteiger partial charge in [0.05, 0.1) is 28.7 Å². The molecule has 0 radical (unpaired) electrons. The summed E-state index contributed by atoms with van der Waals surface area (Å²) in [7, 11) is 0. The van der Waals surface area contributed by atoms with E-state index in [-0.39, 0.29) is 30.6 Å². The van der Waals surface area contributed by atoms with Crippen LogP contribution < -0.4 is 0 Å². The first-order valence-corrected chi connectivity index (χ1v) is 13.5. The number of carbonyl (C=O) groups excluding carboxylic acids is 1. The highest BCUT2D eigenvalue weighted by atomic mass is 19.4. The molecule has 3 saturated heterocycles. The van der Waals surface area contributed by atoms with Gasteiger partial charge in [0.25, 0.3) is 0 Å². The molecule has 3 aliphatic rings. The van der Waals surface area contributed by atoms with Crippen LogP contribution in [-0.2, 0) is 26.7 Å². The summed E-state index contributed by atoms with van der Waals surface area (Å²) in [4.78, 5) is 28.5. The van der Waals surface area contributed by atoms with Crippen molar-refractivity contribution < 1.29 is 50.2 Å². The molecule has 6 nitrogen and oxygen atoms in total. The molecule has 2 aromatic rings. The van der Waals surface area contributed by atoms with E-state index < -0.39 is 70.9 Å². The number of rotatable bonds is 7. The molecule has 3 heterocycles. The van der Waals surface area contributed by atoms with Crippen molar-refractivity contribution in [3.63, 3.8) is 0 Å². The lowest BCUT2D eigenvalue weighted by Gasteiger charge is -2.42. The van der Waals surface area contributed by atoms with Crippen LogP contribution in [0.4, 0.5) is 30.7 Å². The van der Waals surface area contributed by atoms with Gasteiger partial charge in [-0.25, -0.2) is 4.39 Å². The molecular formula is C29H29F7N2O4. The van der Waals surface area contributed by atoms with Crippen molar-refractivity contribution in [1.29, 1.82) is 0 Å². The van der Waals surface area contributed by atoms with Gasteiger partial charge in [-0.2, -0.15) is 26.3 Å². The smallest absolute Gasteiger partial charge is 0.416 e. The number of amides is 1. The second-order valence-electron chi connectivity index (χ2n) is 11.6. The molecule has 0 aliphatic carbocycles. The zero-order valence-corrected chi connectivity index (χ0v) is 22.7. The molecule has 0 spiro atoms. The molecule has 1 amide bonds. The van der Waals surface area contributed by atoms with Gasteiger partial charge in [0.2, 0.25) is 5.91 Å². The maximum atomic E-state index is 13.8. The normalized spacial score (nSPS) is 29.0. The van der Waals surface area contributed by atoms with Gasteiger partial charge in [0, 0.05) is 31.6 Å². The monoisotopic (exact) mass is 602 g/mol. The van der Waals surface area contributed by atoms with Crippen molar-refractivity contribution in [2.45, 2.75) is 69.3 Å². The fourth-order valence-electron chi connectivity index (χ4n) is 6.54. The van der Waals surface area contributed by atoms with Crippen LogP contribution in [0.25, 0.3) is 0 Å². The van der Waals surface area contributed by atoms with E-state index in [1.165, 1.54) is 31.2 Å². The highest BCUT2D eigenvalue weighted by molar-refractivity contribution is 5.86. The second kappa shape index (κ2) is 10.5. The van der Waals surface area contributed by atoms with Crippen molar-refractivity contribution in [3.05, 3.63) is 70.5 Å². The summed E-state index contributed by atoms with van der Waals surface area (Å²) >= 11 is 0. The van der Waals surface area contributed by atoms with Gasteiger partial charge in [-0.05, 0) is 68.1 Å². The van der Waals surface area contributed by atoms with Gasteiger partial charge < -0.3 is 14.7 Å². The Morgan fingerprint density at radius 3 is 2.17 bits per heavy atom. The van der Waals surface area contributed by atoms with E-state index in [1.54, 1.807) is 16.7 Å². The van der Waals surface area contributed by atoms with Crippen LogP contribution in [0.1, 0.15) is 61.0 Å². The number of carboxylic acids is 1. The van der Waals surface area contributed by atoms with Crippen molar-refractivity contribution >= 4 is 11.9 Å². The number of hydrogen-bond acceptors (Lipinski definition) is 4. The lowest BCUT2D eigenvalue weighted by molar-refractivity contribution is -0.151. The number of alkyl halides is 6. The number of likely N-dealkylation sites (tertiary alicyclic amines) is 1. The van der Waals surface area contributed by atoms with Gasteiger partial charge in [-0.15, -0.1) is 0 Å². The molecule has 0 aromatic heterocycles. The topological polar surface area (TPSA) is 70.1 Å². The highest BCUT2D eigenvalue weighted by Gasteiger charge is 2.58. The third kappa shape index (κ3) is 5.60. The first-order chi connectivity index (χ1) is 19.5. The fourth-order valence-corrected chi connectivity index (χ4v) is 6.54.